The summed E-state index contributed by atoms with van der Waals surface area (Å²) in [7, 11) is 3.15. The second kappa shape index (κ2) is 8.54. The Labute approximate surface area is 149 Å². The number of benzene rings is 1. The Morgan fingerprint density at radius 1 is 1.36 bits per heavy atom. The summed E-state index contributed by atoms with van der Waals surface area (Å²) in [6.07, 6.45) is 1.69. The molecule has 2 rings (SSSR count). The van der Waals surface area contributed by atoms with Gasteiger partial charge < -0.3 is 24.6 Å². The van der Waals surface area contributed by atoms with Gasteiger partial charge in [0.15, 0.2) is 0 Å². The Hall–Kier alpha value is -1.79. The molecule has 0 aromatic heterocycles. The Bertz CT molecular complexity index is 591. The Balaban J connectivity index is 2.13. The highest BCUT2D eigenvalue weighted by molar-refractivity contribution is 5.79. The normalized spacial score (nSPS) is 23.4. The number of aliphatic hydroxyl groups excluding tert-OH is 2. The van der Waals surface area contributed by atoms with Crippen LogP contribution in [-0.4, -0.2) is 61.0 Å². The third-order valence-electron chi connectivity index (χ3n) is 5.14. The van der Waals surface area contributed by atoms with Crippen molar-refractivity contribution in [1.29, 1.82) is 0 Å². The van der Waals surface area contributed by atoms with Crippen molar-refractivity contribution in [2.45, 2.75) is 38.7 Å². The number of likely N-dealkylation sites (tertiary alicyclic amines) is 1. The van der Waals surface area contributed by atoms with Gasteiger partial charge in [-0.1, -0.05) is 19.4 Å². The van der Waals surface area contributed by atoms with E-state index in [2.05, 4.69) is 0 Å². The lowest BCUT2D eigenvalue weighted by atomic mass is 9.74. The standard InChI is InChI=1S/C19H29NO5/c1-4-8-19(13-21)12-20(9-7-17(19)22)18(23)10-14-5-6-15(24-2)11-16(14)25-3/h5-6,11,17,21-22H,4,7-10,12-13H2,1-3H3/t17-,19-/m0/s1. The fourth-order valence-corrected chi connectivity index (χ4v) is 3.61. The summed E-state index contributed by atoms with van der Waals surface area (Å²) in [5.41, 5.74) is 0.177. The van der Waals surface area contributed by atoms with Gasteiger partial charge in [-0.05, 0) is 18.9 Å². The monoisotopic (exact) mass is 351 g/mol. The van der Waals surface area contributed by atoms with Crippen LogP contribution in [0.3, 0.4) is 0 Å². The molecule has 0 bridgehead atoms. The molecule has 2 N–H and O–H groups in total. The fourth-order valence-electron chi connectivity index (χ4n) is 3.61. The van der Waals surface area contributed by atoms with E-state index < -0.39 is 11.5 Å². The number of carbonyl (C=O) groups excluding carboxylic acids is 1. The SMILES string of the molecule is CCC[C@@]1(CO)CN(C(=O)Cc2ccc(OC)cc2OC)CC[C@@H]1O. The summed E-state index contributed by atoms with van der Waals surface area (Å²) >= 11 is 0. The summed E-state index contributed by atoms with van der Waals surface area (Å²) < 4.78 is 10.5. The summed E-state index contributed by atoms with van der Waals surface area (Å²) in [6.45, 7) is 2.80. The number of amides is 1. The first-order valence-corrected chi connectivity index (χ1v) is 8.77. The zero-order valence-electron chi connectivity index (χ0n) is 15.3. The van der Waals surface area contributed by atoms with E-state index in [1.807, 2.05) is 13.0 Å². The predicted octanol–water partition coefficient (Wildman–Crippen LogP) is 1.62. The van der Waals surface area contributed by atoms with Crippen LogP contribution in [-0.2, 0) is 11.2 Å². The number of ether oxygens (including phenoxy) is 2. The minimum absolute atomic E-state index is 0.0238. The van der Waals surface area contributed by atoms with Gasteiger partial charge in [-0.2, -0.15) is 0 Å². The molecule has 1 heterocycles. The molecule has 0 spiro atoms. The van der Waals surface area contributed by atoms with Crippen molar-refractivity contribution in [2.75, 3.05) is 33.9 Å². The molecule has 0 aliphatic carbocycles. The maximum Gasteiger partial charge on any atom is 0.227 e. The largest absolute Gasteiger partial charge is 0.497 e. The minimum Gasteiger partial charge on any atom is -0.497 e. The van der Waals surface area contributed by atoms with Crippen LogP contribution in [0.2, 0.25) is 0 Å². The maximum atomic E-state index is 12.8. The molecule has 6 heteroatoms. The van der Waals surface area contributed by atoms with Gasteiger partial charge in [-0.15, -0.1) is 0 Å². The van der Waals surface area contributed by atoms with E-state index in [-0.39, 0.29) is 18.9 Å². The number of piperidine rings is 1. The highest BCUT2D eigenvalue weighted by Crippen LogP contribution is 2.35. The molecule has 0 radical (unpaired) electrons. The van der Waals surface area contributed by atoms with Crippen LogP contribution < -0.4 is 9.47 Å². The number of nitrogens with zero attached hydrogens (tertiary/aromatic N) is 1. The van der Waals surface area contributed by atoms with Gasteiger partial charge in [0.25, 0.3) is 0 Å². The molecular weight excluding hydrogens is 322 g/mol. The Morgan fingerprint density at radius 2 is 2.12 bits per heavy atom. The molecule has 1 aliphatic rings. The van der Waals surface area contributed by atoms with E-state index in [9.17, 15) is 15.0 Å². The highest BCUT2D eigenvalue weighted by Gasteiger charge is 2.42. The number of hydrogen-bond donors (Lipinski definition) is 2. The molecule has 1 fully saturated rings. The van der Waals surface area contributed by atoms with Crippen LogP contribution in [0, 0.1) is 5.41 Å². The zero-order valence-corrected chi connectivity index (χ0v) is 15.3. The van der Waals surface area contributed by atoms with Gasteiger partial charge in [0.2, 0.25) is 5.91 Å². The van der Waals surface area contributed by atoms with E-state index >= 15 is 0 Å². The molecule has 2 atom stereocenters. The number of aliphatic hydroxyl groups is 2. The van der Waals surface area contributed by atoms with Gasteiger partial charge in [0.1, 0.15) is 11.5 Å². The second-order valence-corrected chi connectivity index (χ2v) is 6.74. The van der Waals surface area contributed by atoms with Crippen LogP contribution in [0.4, 0.5) is 0 Å². The van der Waals surface area contributed by atoms with Crippen molar-refractivity contribution < 1.29 is 24.5 Å². The van der Waals surface area contributed by atoms with Crippen molar-refractivity contribution >= 4 is 5.91 Å². The fraction of sp³-hybridized carbons (Fsp3) is 0.632. The first kappa shape index (κ1) is 19.5. The molecule has 1 aliphatic heterocycles. The van der Waals surface area contributed by atoms with Crippen LogP contribution in [0.15, 0.2) is 18.2 Å². The quantitative estimate of drug-likeness (QED) is 0.780. The average Bonchev–Trinajstić information content (AvgIpc) is 2.63. The molecule has 1 saturated heterocycles. The topological polar surface area (TPSA) is 79.2 Å². The van der Waals surface area contributed by atoms with E-state index in [4.69, 9.17) is 9.47 Å². The summed E-state index contributed by atoms with van der Waals surface area (Å²) in [6, 6.07) is 5.40. The van der Waals surface area contributed by atoms with Gasteiger partial charge in [-0.25, -0.2) is 0 Å². The minimum atomic E-state index is -0.618. The van der Waals surface area contributed by atoms with Crippen molar-refractivity contribution in [2.24, 2.45) is 5.41 Å². The van der Waals surface area contributed by atoms with E-state index in [1.54, 1.807) is 31.3 Å². The number of carbonyl (C=O) groups is 1. The summed E-state index contributed by atoms with van der Waals surface area (Å²) in [4.78, 5) is 14.5. The number of hydrogen-bond acceptors (Lipinski definition) is 5. The molecule has 140 valence electrons. The first-order valence-electron chi connectivity index (χ1n) is 8.77. The molecule has 1 aromatic rings. The lowest BCUT2D eigenvalue weighted by molar-refractivity contribution is -0.141. The van der Waals surface area contributed by atoms with Crippen molar-refractivity contribution in [3.63, 3.8) is 0 Å². The van der Waals surface area contributed by atoms with Crippen LogP contribution >= 0.6 is 0 Å². The predicted molar refractivity (Wildman–Crippen MR) is 94.9 cm³/mol. The van der Waals surface area contributed by atoms with Crippen LogP contribution in [0.1, 0.15) is 31.7 Å². The second-order valence-electron chi connectivity index (χ2n) is 6.74. The van der Waals surface area contributed by atoms with Crippen molar-refractivity contribution in [1.82, 2.24) is 4.90 Å². The third-order valence-corrected chi connectivity index (χ3v) is 5.14. The number of methoxy groups -OCH3 is 2. The molecule has 1 aromatic carbocycles. The molecule has 6 nitrogen and oxygen atoms in total. The number of rotatable bonds is 7. The molecule has 1 amide bonds. The lowest BCUT2D eigenvalue weighted by Crippen LogP contribution is -2.55. The van der Waals surface area contributed by atoms with E-state index in [0.29, 0.717) is 37.4 Å². The smallest absolute Gasteiger partial charge is 0.227 e. The van der Waals surface area contributed by atoms with Crippen LogP contribution in [0.25, 0.3) is 0 Å². The molecular formula is C19H29NO5. The van der Waals surface area contributed by atoms with Crippen LogP contribution in [0.5, 0.6) is 11.5 Å². The average molecular weight is 351 g/mol. The Morgan fingerprint density at radius 3 is 2.72 bits per heavy atom. The van der Waals surface area contributed by atoms with Gasteiger partial charge >= 0.3 is 0 Å². The maximum absolute atomic E-state index is 12.8. The highest BCUT2D eigenvalue weighted by atomic mass is 16.5. The summed E-state index contributed by atoms with van der Waals surface area (Å²) in [5.74, 6) is 1.27. The van der Waals surface area contributed by atoms with E-state index in [1.165, 1.54) is 0 Å². The molecule has 0 saturated carbocycles. The van der Waals surface area contributed by atoms with Gasteiger partial charge in [0, 0.05) is 30.1 Å². The van der Waals surface area contributed by atoms with Gasteiger partial charge in [0.05, 0.1) is 33.4 Å². The van der Waals surface area contributed by atoms with Crippen molar-refractivity contribution in [3.8, 4) is 11.5 Å². The van der Waals surface area contributed by atoms with Gasteiger partial charge in [-0.3, -0.25) is 4.79 Å². The Kier molecular flexibility index (Phi) is 6.67. The first-order chi connectivity index (χ1) is 12.0. The summed E-state index contributed by atoms with van der Waals surface area (Å²) in [5, 5.41) is 20.2. The third kappa shape index (κ3) is 4.25. The van der Waals surface area contributed by atoms with Crippen molar-refractivity contribution in [3.05, 3.63) is 23.8 Å². The molecule has 0 unspecified atom stereocenters. The lowest BCUT2D eigenvalue weighted by Gasteiger charge is -2.45. The zero-order chi connectivity index (χ0) is 18.4. The molecule has 25 heavy (non-hydrogen) atoms. The van der Waals surface area contributed by atoms with E-state index in [0.717, 1.165) is 12.0 Å².